The van der Waals surface area contributed by atoms with Crippen molar-refractivity contribution >= 4 is 54.3 Å². The molecule has 186 valence electrons. The van der Waals surface area contributed by atoms with Gasteiger partial charge in [0, 0.05) is 10.8 Å². The number of thioether (sulfide) groups is 1. The predicted octanol–water partition coefficient (Wildman–Crippen LogP) is 5.24. The first-order valence-electron chi connectivity index (χ1n) is 11.3. The molecule has 4 atom stereocenters. The summed E-state index contributed by atoms with van der Waals surface area (Å²) in [6.07, 6.45) is 0.936. The summed E-state index contributed by atoms with van der Waals surface area (Å²) in [6, 6.07) is 9.07. The van der Waals surface area contributed by atoms with Crippen molar-refractivity contribution in [3.8, 4) is 0 Å². The van der Waals surface area contributed by atoms with Crippen LogP contribution in [0.15, 0.2) is 47.9 Å². The summed E-state index contributed by atoms with van der Waals surface area (Å²) >= 11 is 7.13. The summed E-state index contributed by atoms with van der Waals surface area (Å²) in [5.74, 6) is -3.43. The third-order valence-electron chi connectivity index (χ3n) is 6.55. The van der Waals surface area contributed by atoms with Crippen molar-refractivity contribution in [2.24, 2.45) is 11.8 Å². The number of rotatable bonds is 8. The maximum atomic E-state index is 13.2. The first-order chi connectivity index (χ1) is 15.7. The monoisotopic (exact) mass is 521 g/mol. The van der Waals surface area contributed by atoms with Gasteiger partial charge in [-0.1, -0.05) is 82.5 Å². The fraction of sp³-hybridized carbons (Fsp3) is 0.520. The lowest BCUT2D eigenvalue weighted by atomic mass is 9.77. The molecule has 0 radical (unpaired) electrons. The molecule has 1 aromatic carbocycles. The minimum atomic E-state index is -2.18. The van der Waals surface area contributed by atoms with Gasteiger partial charge in [0.2, 0.25) is 5.91 Å². The second-order valence-corrected chi connectivity index (χ2v) is 16.6. The Hall–Kier alpha value is -1.81. The van der Waals surface area contributed by atoms with Crippen LogP contribution in [0.4, 0.5) is 0 Å². The number of imide groups is 1. The lowest BCUT2D eigenvalue weighted by Gasteiger charge is -2.51. The first kappa shape index (κ1) is 28.4. The summed E-state index contributed by atoms with van der Waals surface area (Å²) in [5, 5.41) is -0.0440. The normalized spacial score (nSPS) is 20.2. The molecule has 0 N–H and O–H groups in total. The van der Waals surface area contributed by atoms with Crippen molar-refractivity contribution in [2.45, 2.75) is 69.8 Å². The number of benzene rings is 1. The van der Waals surface area contributed by atoms with E-state index in [1.807, 2.05) is 44.2 Å². The van der Waals surface area contributed by atoms with Crippen LogP contribution in [0, 0.1) is 11.8 Å². The van der Waals surface area contributed by atoms with Crippen molar-refractivity contribution in [2.75, 3.05) is 6.61 Å². The Kier molecular flexibility index (Phi) is 9.43. The molecule has 0 unspecified atom stereocenters. The molecule has 1 fully saturated rings. The van der Waals surface area contributed by atoms with E-state index in [-0.39, 0.29) is 17.6 Å². The highest BCUT2D eigenvalue weighted by Gasteiger charge is 2.58. The number of hydrogen-bond acceptors (Lipinski definition) is 7. The molecular formula is C25H35NO5S2Si. The number of thiocarbonyl (C=S) groups is 1. The third-order valence-corrected chi connectivity index (χ3v) is 12.8. The third kappa shape index (κ3) is 6.24. The van der Waals surface area contributed by atoms with Crippen LogP contribution in [0.3, 0.4) is 0 Å². The maximum absolute atomic E-state index is 13.2. The highest BCUT2D eigenvalue weighted by atomic mass is 32.2. The number of esters is 1. The van der Waals surface area contributed by atoms with E-state index in [1.54, 1.807) is 0 Å². The van der Waals surface area contributed by atoms with Crippen LogP contribution in [-0.2, 0) is 23.5 Å². The van der Waals surface area contributed by atoms with Gasteiger partial charge in [-0.2, -0.15) is 0 Å². The number of hydrogen-bond donors (Lipinski definition) is 0. The van der Waals surface area contributed by atoms with E-state index in [9.17, 15) is 14.4 Å². The fourth-order valence-electron chi connectivity index (χ4n) is 3.63. The Labute approximate surface area is 213 Å². The molecule has 0 spiro atoms. The van der Waals surface area contributed by atoms with Crippen molar-refractivity contribution in [3.63, 3.8) is 0 Å². The predicted molar refractivity (Wildman–Crippen MR) is 142 cm³/mol. The average Bonchev–Trinajstić information content (AvgIpc) is 2.74. The molecule has 1 aliphatic rings. The first-order valence-corrected chi connectivity index (χ1v) is 15.5. The largest absolute Gasteiger partial charge is 0.454 e. The van der Waals surface area contributed by atoms with E-state index < -0.39 is 44.2 Å². The number of nitrogens with zero attached hydrogens (tertiary/aromatic N) is 1. The zero-order valence-electron chi connectivity index (χ0n) is 21.0. The molecule has 1 aliphatic heterocycles. The van der Waals surface area contributed by atoms with Gasteiger partial charge in [0.25, 0.3) is 0 Å². The van der Waals surface area contributed by atoms with Gasteiger partial charge in [0.15, 0.2) is 8.32 Å². The molecule has 0 aliphatic carbocycles. The number of carbonyl (C=O) groups is 3. The standard InChI is InChI=1S/C25H35NO5S2Si/c1-9-15-30-23(29)22(28)26-20(16(2)24(32)33-18-13-11-10-12-14-18)19(21(26)27)17(3)31-34(7,8)25(4,5)6/h9-14,16-17,19-20H,1,15H2,2-8H3/t16-,17-,19-,20-/m1/s1. The molecule has 1 heterocycles. The summed E-state index contributed by atoms with van der Waals surface area (Å²) in [6.45, 7) is 17.8. The summed E-state index contributed by atoms with van der Waals surface area (Å²) < 4.78 is 12.0. The van der Waals surface area contributed by atoms with Crippen LogP contribution in [0.2, 0.25) is 18.1 Å². The van der Waals surface area contributed by atoms with Crippen LogP contribution in [0.25, 0.3) is 0 Å². The second kappa shape index (κ2) is 11.3. The van der Waals surface area contributed by atoms with Crippen molar-refractivity contribution in [1.82, 2.24) is 4.90 Å². The molecule has 0 aromatic heterocycles. The van der Waals surface area contributed by atoms with E-state index in [4.69, 9.17) is 21.4 Å². The lowest BCUT2D eigenvalue weighted by Crippen LogP contribution is -2.70. The van der Waals surface area contributed by atoms with E-state index >= 15 is 0 Å². The zero-order valence-corrected chi connectivity index (χ0v) is 23.6. The van der Waals surface area contributed by atoms with E-state index in [0.717, 1.165) is 9.80 Å². The highest BCUT2D eigenvalue weighted by molar-refractivity contribution is 8.23. The van der Waals surface area contributed by atoms with Gasteiger partial charge in [-0.05, 0) is 37.2 Å². The SMILES string of the molecule is C=CCOC(=O)C(=O)N1C(=O)[C@H]([C@@H](C)O[Si](C)(C)C(C)(C)C)[C@H]1[C@@H](C)C(=S)Sc1ccccc1. The van der Waals surface area contributed by atoms with Gasteiger partial charge in [-0.25, -0.2) is 4.79 Å². The fourth-order valence-corrected chi connectivity index (χ4v) is 6.34. The molecule has 1 saturated heterocycles. The Balaban J connectivity index is 2.32. The Morgan fingerprint density at radius 2 is 1.82 bits per heavy atom. The zero-order chi connectivity index (χ0) is 25.8. The number of ether oxygens (including phenoxy) is 1. The molecular weight excluding hydrogens is 486 g/mol. The second-order valence-electron chi connectivity index (χ2n) is 10.0. The van der Waals surface area contributed by atoms with Crippen molar-refractivity contribution < 1.29 is 23.5 Å². The minimum Gasteiger partial charge on any atom is -0.454 e. The average molecular weight is 522 g/mol. The van der Waals surface area contributed by atoms with E-state index in [2.05, 4.69) is 40.4 Å². The topological polar surface area (TPSA) is 72.9 Å². The van der Waals surface area contributed by atoms with Crippen LogP contribution in [-0.4, -0.2) is 54.0 Å². The Morgan fingerprint density at radius 3 is 2.35 bits per heavy atom. The maximum Gasteiger partial charge on any atom is 0.397 e. The molecule has 1 aromatic rings. The molecule has 0 bridgehead atoms. The Morgan fingerprint density at radius 1 is 1.24 bits per heavy atom. The Bertz CT molecular complexity index is 944. The van der Waals surface area contributed by atoms with Gasteiger partial charge in [-0.15, -0.1) is 0 Å². The number of carbonyl (C=O) groups excluding carboxylic acids is 3. The summed E-state index contributed by atoms with van der Waals surface area (Å²) in [7, 11) is -2.18. The van der Waals surface area contributed by atoms with Crippen molar-refractivity contribution in [1.29, 1.82) is 0 Å². The molecule has 2 amide bonds. The van der Waals surface area contributed by atoms with E-state index in [1.165, 1.54) is 17.8 Å². The molecule has 6 nitrogen and oxygen atoms in total. The van der Waals surface area contributed by atoms with Gasteiger partial charge in [0.05, 0.1) is 22.3 Å². The van der Waals surface area contributed by atoms with E-state index in [0.29, 0.717) is 4.20 Å². The number of likely N-dealkylation sites (tertiary alicyclic amines) is 1. The smallest absolute Gasteiger partial charge is 0.397 e. The van der Waals surface area contributed by atoms with Crippen LogP contribution >= 0.6 is 24.0 Å². The van der Waals surface area contributed by atoms with Gasteiger partial charge >= 0.3 is 11.9 Å². The quantitative estimate of drug-likeness (QED) is 0.0881. The van der Waals surface area contributed by atoms with Crippen LogP contribution in [0.1, 0.15) is 34.6 Å². The lowest BCUT2D eigenvalue weighted by molar-refractivity contribution is -0.180. The van der Waals surface area contributed by atoms with Crippen LogP contribution < -0.4 is 0 Å². The molecule has 9 heteroatoms. The highest BCUT2D eigenvalue weighted by Crippen LogP contribution is 2.43. The molecule has 34 heavy (non-hydrogen) atoms. The van der Waals surface area contributed by atoms with Crippen LogP contribution in [0.5, 0.6) is 0 Å². The number of amides is 2. The van der Waals surface area contributed by atoms with Gasteiger partial charge in [-0.3, -0.25) is 14.5 Å². The molecule has 0 saturated carbocycles. The van der Waals surface area contributed by atoms with Gasteiger partial charge in [0.1, 0.15) is 6.61 Å². The summed E-state index contributed by atoms with van der Waals surface area (Å²) in [5.41, 5.74) is 0. The number of β-lactam (4-membered cyclic amide) rings is 1. The van der Waals surface area contributed by atoms with Crippen molar-refractivity contribution in [3.05, 3.63) is 43.0 Å². The minimum absolute atomic E-state index is 0.0440. The molecule has 2 rings (SSSR count). The summed E-state index contributed by atoms with van der Waals surface area (Å²) in [4.78, 5) is 40.3. The van der Waals surface area contributed by atoms with Gasteiger partial charge < -0.3 is 9.16 Å².